The van der Waals surface area contributed by atoms with E-state index in [4.69, 9.17) is 9.47 Å². The molecule has 1 unspecified atom stereocenters. The third-order valence-corrected chi connectivity index (χ3v) is 6.62. The number of carbonyl (C=O) groups is 2. The predicted octanol–water partition coefficient (Wildman–Crippen LogP) is 6.82. The van der Waals surface area contributed by atoms with Crippen LogP contribution in [0.15, 0.2) is 108 Å². The van der Waals surface area contributed by atoms with E-state index in [0.29, 0.717) is 28.6 Å². The fourth-order valence-corrected chi connectivity index (χ4v) is 4.58. The van der Waals surface area contributed by atoms with E-state index in [2.05, 4.69) is 16.0 Å². The Morgan fingerprint density at radius 1 is 0.649 bits per heavy atom. The van der Waals surface area contributed by atoms with Crippen LogP contribution in [0.1, 0.15) is 10.8 Å². The lowest BCUT2D eigenvalue weighted by Crippen LogP contribution is -2.19. The SMILES string of the molecule is COc1cc(NC(=O)C(Sc2ccc(NC(=O)Nc3ccccc3)cc2)c2ccccc2)cc(OC)c1. The number of rotatable bonds is 9. The monoisotopic (exact) mass is 513 g/mol. The first-order chi connectivity index (χ1) is 18.0. The molecule has 7 nitrogen and oxygen atoms in total. The summed E-state index contributed by atoms with van der Waals surface area (Å²) in [5, 5.41) is 8.08. The Labute approximate surface area is 220 Å². The van der Waals surface area contributed by atoms with E-state index >= 15 is 0 Å². The third kappa shape index (κ3) is 7.28. The van der Waals surface area contributed by atoms with Gasteiger partial charge in [-0.2, -0.15) is 0 Å². The number of hydrogen-bond acceptors (Lipinski definition) is 5. The Morgan fingerprint density at radius 2 is 1.19 bits per heavy atom. The summed E-state index contributed by atoms with van der Waals surface area (Å²) >= 11 is 1.42. The van der Waals surface area contributed by atoms with Gasteiger partial charge < -0.3 is 25.4 Å². The molecule has 0 aliphatic rings. The molecule has 188 valence electrons. The fourth-order valence-electron chi connectivity index (χ4n) is 3.56. The molecule has 1 atom stereocenters. The summed E-state index contributed by atoms with van der Waals surface area (Å²) in [7, 11) is 3.12. The first-order valence-electron chi connectivity index (χ1n) is 11.5. The molecule has 4 aromatic carbocycles. The van der Waals surface area contributed by atoms with Gasteiger partial charge in [0.25, 0.3) is 0 Å². The Hall–Kier alpha value is -4.43. The van der Waals surface area contributed by atoms with Crippen LogP contribution in [0.5, 0.6) is 11.5 Å². The molecule has 0 saturated heterocycles. The van der Waals surface area contributed by atoms with Gasteiger partial charge in [0.1, 0.15) is 16.7 Å². The first-order valence-corrected chi connectivity index (χ1v) is 12.4. The van der Waals surface area contributed by atoms with Gasteiger partial charge in [0.2, 0.25) is 5.91 Å². The average molecular weight is 514 g/mol. The number of methoxy groups -OCH3 is 2. The molecule has 4 rings (SSSR count). The highest BCUT2D eigenvalue weighted by atomic mass is 32.2. The van der Waals surface area contributed by atoms with E-state index in [1.54, 1.807) is 44.6 Å². The molecule has 0 heterocycles. The number of anilines is 3. The Morgan fingerprint density at radius 3 is 1.76 bits per heavy atom. The number of ether oxygens (including phenoxy) is 2. The molecular weight excluding hydrogens is 486 g/mol. The lowest BCUT2D eigenvalue weighted by molar-refractivity contribution is -0.115. The topological polar surface area (TPSA) is 88.7 Å². The number of nitrogens with one attached hydrogen (secondary N) is 3. The van der Waals surface area contributed by atoms with E-state index < -0.39 is 5.25 Å². The predicted molar refractivity (Wildman–Crippen MR) is 149 cm³/mol. The third-order valence-electron chi connectivity index (χ3n) is 5.36. The van der Waals surface area contributed by atoms with Gasteiger partial charge in [-0.05, 0) is 42.0 Å². The number of thioether (sulfide) groups is 1. The minimum atomic E-state index is -0.515. The zero-order valence-corrected chi connectivity index (χ0v) is 21.3. The van der Waals surface area contributed by atoms with Crippen molar-refractivity contribution in [3.8, 4) is 11.5 Å². The van der Waals surface area contributed by atoms with Gasteiger partial charge in [0.05, 0.1) is 14.2 Å². The number of hydrogen-bond donors (Lipinski definition) is 3. The highest BCUT2D eigenvalue weighted by molar-refractivity contribution is 8.00. The molecule has 0 radical (unpaired) electrons. The molecule has 0 aliphatic carbocycles. The Kier molecular flexibility index (Phi) is 8.67. The number of para-hydroxylation sites is 1. The molecule has 0 aromatic heterocycles. The van der Waals surface area contributed by atoms with Crippen LogP contribution in [0.25, 0.3) is 0 Å². The fraction of sp³-hybridized carbons (Fsp3) is 0.103. The number of benzene rings is 4. The van der Waals surface area contributed by atoms with Crippen LogP contribution in [-0.2, 0) is 4.79 Å². The lowest BCUT2D eigenvalue weighted by atomic mass is 10.1. The van der Waals surface area contributed by atoms with Gasteiger partial charge in [0.15, 0.2) is 0 Å². The van der Waals surface area contributed by atoms with Crippen LogP contribution >= 0.6 is 11.8 Å². The Balaban J connectivity index is 1.47. The maximum absolute atomic E-state index is 13.4. The van der Waals surface area contributed by atoms with E-state index in [1.165, 1.54) is 11.8 Å². The van der Waals surface area contributed by atoms with Crippen LogP contribution in [0.4, 0.5) is 21.9 Å². The maximum atomic E-state index is 13.4. The summed E-state index contributed by atoms with van der Waals surface area (Å²) in [6.45, 7) is 0. The molecule has 4 aromatic rings. The van der Waals surface area contributed by atoms with Crippen LogP contribution in [0.2, 0.25) is 0 Å². The minimum Gasteiger partial charge on any atom is -0.497 e. The van der Waals surface area contributed by atoms with Crippen LogP contribution < -0.4 is 25.4 Å². The highest BCUT2D eigenvalue weighted by Crippen LogP contribution is 2.37. The van der Waals surface area contributed by atoms with Crippen LogP contribution in [-0.4, -0.2) is 26.2 Å². The van der Waals surface area contributed by atoms with E-state index in [1.807, 2.05) is 72.8 Å². The highest BCUT2D eigenvalue weighted by Gasteiger charge is 2.23. The zero-order valence-electron chi connectivity index (χ0n) is 20.4. The second-order valence-corrected chi connectivity index (χ2v) is 9.15. The molecule has 0 spiro atoms. The van der Waals surface area contributed by atoms with Crippen LogP contribution in [0.3, 0.4) is 0 Å². The summed E-state index contributed by atoms with van der Waals surface area (Å²) in [4.78, 5) is 26.6. The van der Waals surface area contributed by atoms with Crippen molar-refractivity contribution in [2.24, 2.45) is 0 Å². The van der Waals surface area contributed by atoms with Gasteiger partial charge in [-0.15, -0.1) is 11.8 Å². The van der Waals surface area contributed by atoms with Gasteiger partial charge in [0, 0.05) is 40.2 Å². The van der Waals surface area contributed by atoms with Gasteiger partial charge in [-0.1, -0.05) is 48.5 Å². The molecule has 0 fully saturated rings. The van der Waals surface area contributed by atoms with Gasteiger partial charge in [-0.25, -0.2) is 4.79 Å². The van der Waals surface area contributed by atoms with E-state index in [9.17, 15) is 9.59 Å². The average Bonchev–Trinajstić information content (AvgIpc) is 2.93. The van der Waals surface area contributed by atoms with Crippen molar-refractivity contribution in [2.45, 2.75) is 10.1 Å². The summed E-state index contributed by atoms with van der Waals surface area (Å²) in [5.41, 5.74) is 2.79. The second kappa shape index (κ2) is 12.5. The smallest absolute Gasteiger partial charge is 0.323 e. The zero-order chi connectivity index (χ0) is 26.0. The Bertz CT molecular complexity index is 1310. The largest absolute Gasteiger partial charge is 0.497 e. The number of urea groups is 1. The van der Waals surface area contributed by atoms with Crippen molar-refractivity contribution < 1.29 is 19.1 Å². The quantitative estimate of drug-likeness (QED) is 0.214. The standard InChI is InChI=1S/C29H27N3O4S/c1-35-24-17-23(18-25(19-24)36-2)30-28(33)27(20-9-5-3-6-10-20)37-26-15-13-22(14-16-26)32-29(34)31-21-11-7-4-8-12-21/h3-19,27H,1-2H3,(H,30,33)(H2,31,32,34). The van der Waals surface area contributed by atoms with E-state index in [-0.39, 0.29) is 11.9 Å². The molecule has 3 N–H and O–H groups in total. The van der Waals surface area contributed by atoms with Crippen molar-refractivity contribution in [3.05, 3.63) is 109 Å². The minimum absolute atomic E-state index is 0.184. The molecule has 3 amide bonds. The van der Waals surface area contributed by atoms with Gasteiger partial charge in [-0.3, -0.25) is 4.79 Å². The van der Waals surface area contributed by atoms with Crippen LogP contribution in [0, 0.1) is 0 Å². The normalized spacial score (nSPS) is 11.2. The van der Waals surface area contributed by atoms with E-state index in [0.717, 1.165) is 10.5 Å². The van der Waals surface area contributed by atoms with Crippen molar-refractivity contribution in [1.29, 1.82) is 0 Å². The summed E-state index contributed by atoms with van der Waals surface area (Å²) in [5.74, 6) is 0.979. The molecule has 0 bridgehead atoms. The summed E-state index contributed by atoms with van der Waals surface area (Å²) in [6.07, 6.45) is 0. The molecule has 8 heteroatoms. The van der Waals surface area contributed by atoms with Crippen molar-refractivity contribution >= 4 is 40.8 Å². The molecule has 0 aliphatic heterocycles. The number of amides is 3. The molecular formula is C29H27N3O4S. The second-order valence-electron chi connectivity index (χ2n) is 7.97. The first kappa shape index (κ1) is 25.7. The van der Waals surface area contributed by atoms with Crippen molar-refractivity contribution in [1.82, 2.24) is 0 Å². The summed E-state index contributed by atoms with van der Waals surface area (Å²) < 4.78 is 10.6. The molecule has 0 saturated carbocycles. The number of carbonyl (C=O) groups excluding carboxylic acids is 2. The van der Waals surface area contributed by atoms with Crippen molar-refractivity contribution in [3.63, 3.8) is 0 Å². The maximum Gasteiger partial charge on any atom is 0.323 e. The van der Waals surface area contributed by atoms with Gasteiger partial charge >= 0.3 is 6.03 Å². The lowest BCUT2D eigenvalue weighted by Gasteiger charge is -2.18. The van der Waals surface area contributed by atoms with Crippen molar-refractivity contribution in [2.75, 3.05) is 30.2 Å². The molecule has 37 heavy (non-hydrogen) atoms. The summed E-state index contributed by atoms with van der Waals surface area (Å²) in [6, 6.07) is 31.1.